The van der Waals surface area contributed by atoms with Gasteiger partial charge in [-0.2, -0.15) is 0 Å². The van der Waals surface area contributed by atoms with E-state index in [0.29, 0.717) is 17.8 Å². The van der Waals surface area contributed by atoms with Gasteiger partial charge in [-0.25, -0.2) is 4.98 Å². The second-order valence-corrected chi connectivity index (χ2v) is 7.02. The van der Waals surface area contributed by atoms with Crippen molar-refractivity contribution in [3.05, 3.63) is 51.9 Å². The van der Waals surface area contributed by atoms with Gasteiger partial charge in [-0.15, -0.1) is 11.3 Å². The molecule has 1 aromatic carbocycles. The maximum Gasteiger partial charge on any atom is 0.260 e. The second-order valence-electron chi connectivity index (χ2n) is 6.16. The summed E-state index contributed by atoms with van der Waals surface area (Å²) in [6.45, 7) is 1.67. The van der Waals surface area contributed by atoms with Crippen LogP contribution in [0.25, 0.3) is 21.3 Å². The average Bonchev–Trinajstić information content (AvgIpc) is 3.22. The second kappa shape index (κ2) is 6.47. The highest BCUT2D eigenvalue weighted by atomic mass is 32.1. The SMILES string of the molecule is O=c1[nH]c(CN2CCC[C@@H]2CO)nc2scc(-c3ccccc3)c12. The molecular weight excluding hydrogens is 322 g/mol. The van der Waals surface area contributed by atoms with Crippen molar-refractivity contribution in [3.63, 3.8) is 0 Å². The van der Waals surface area contributed by atoms with Crippen LogP contribution in [0.4, 0.5) is 0 Å². The third kappa shape index (κ3) is 2.77. The number of H-pyrrole nitrogens is 1. The Morgan fingerprint density at radius 2 is 2.17 bits per heavy atom. The zero-order valence-corrected chi connectivity index (χ0v) is 14.1. The molecule has 6 heteroatoms. The van der Waals surface area contributed by atoms with E-state index in [4.69, 9.17) is 0 Å². The van der Waals surface area contributed by atoms with E-state index in [9.17, 15) is 9.90 Å². The summed E-state index contributed by atoms with van der Waals surface area (Å²) in [6.07, 6.45) is 2.08. The third-order valence-electron chi connectivity index (χ3n) is 4.64. The molecule has 0 saturated carbocycles. The monoisotopic (exact) mass is 341 g/mol. The van der Waals surface area contributed by atoms with Crippen LogP contribution in [-0.2, 0) is 6.54 Å². The van der Waals surface area contributed by atoms with E-state index >= 15 is 0 Å². The summed E-state index contributed by atoms with van der Waals surface area (Å²) in [5, 5.41) is 12.1. The van der Waals surface area contributed by atoms with E-state index in [0.717, 1.165) is 35.3 Å². The van der Waals surface area contributed by atoms with Crippen LogP contribution >= 0.6 is 11.3 Å². The Labute approximate surface area is 143 Å². The van der Waals surface area contributed by atoms with Crippen molar-refractivity contribution >= 4 is 21.6 Å². The van der Waals surface area contributed by atoms with Gasteiger partial charge in [0.05, 0.1) is 18.5 Å². The summed E-state index contributed by atoms with van der Waals surface area (Å²) >= 11 is 1.50. The van der Waals surface area contributed by atoms with E-state index < -0.39 is 0 Å². The molecule has 0 aliphatic carbocycles. The number of nitrogens with zero attached hydrogens (tertiary/aromatic N) is 2. The van der Waals surface area contributed by atoms with Gasteiger partial charge in [-0.1, -0.05) is 30.3 Å². The molecule has 5 nitrogen and oxygen atoms in total. The molecule has 124 valence electrons. The lowest BCUT2D eigenvalue weighted by Crippen LogP contribution is -2.32. The number of fused-ring (bicyclic) bond motifs is 1. The first-order chi connectivity index (χ1) is 11.8. The molecule has 2 N–H and O–H groups in total. The normalized spacial score (nSPS) is 18.5. The molecule has 24 heavy (non-hydrogen) atoms. The molecule has 1 saturated heterocycles. The lowest BCUT2D eigenvalue weighted by Gasteiger charge is -2.21. The number of benzene rings is 1. The number of aliphatic hydroxyl groups is 1. The largest absolute Gasteiger partial charge is 0.395 e. The quantitative estimate of drug-likeness (QED) is 0.765. The van der Waals surface area contributed by atoms with Crippen LogP contribution in [0, 0.1) is 0 Å². The molecule has 0 spiro atoms. The first-order valence-electron chi connectivity index (χ1n) is 8.17. The van der Waals surface area contributed by atoms with E-state index in [2.05, 4.69) is 14.9 Å². The standard InChI is InChI=1S/C18H19N3O2S/c22-10-13-7-4-8-21(13)9-15-19-17(23)16-14(11-24-18(16)20-15)12-5-2-1-3-6-12/h1-3,5-6,11,13,22H,4,7-10H2,(H,19,20,23)/t13-/m1/s1. The minimum Gasteiger partial charge on any atom is -0.395 e. The molecule has 0 amide bonds. The number of rotatable bonds is 4. The topological polar surface area (TPSA) is 69.2 Å². The molecule has 4 rings (SSSR count). The van der Waals surface area contributed by atoms with Crippen LogP contribution < -0.4 is 5.56 Å². The fourth-order valence-corrected chi connectivity index (χ4v) is 4.37. The van der Waals surface area contributed by atoms with Gasteiger partial charge >= 0.3 is 0 Å². The van der Waals surface area contributed by atoms with Crippen molar-refractivity contribution in [2.75, 3.05) is 13.2 Å². The fourth-order valence-electron chi connectivity index (χ4n) is 3.40. The number of aromatic nitrogens is 2. The highest BCUT2D eigenvalue weighted by Gasteiger charge is 2.24. The number of likely N-dealkylation sites (tertiary alicyclic amines) is 1. The molecule has 0 radical (unpaired) electrons. The lowest BCUT2D eigenvalue weighted by molar-refractivity contribution is 0.151. The van der Waals surface area contributed by atoms with E-state index in [1.807, 2.05) is 35.7 Å². The van der Waals surface area contributed by atoms with Crippen molar-refractivity contribution in [2.24, 2.45) is 0 Å². The first-order valence-corrected chi connectivity index (χ1v) is 9.05. The number of aliphatic hydroxyl groups excluding tert-OH is 1. The Hall–Kier alpha value is -2.02. The lowest BCUT2D eigenvalue weighted by atomic mass is 10.1. The number of nitrogens with one attached hydrogen (secondary N) is 1. The predicted molar refractivity (Wildman–Crippen MR) is 96.2 cm³/mol. The van der Waals surface area contributed by atoms with Crippen molar-refractivity contribution in [3.8, 4) is 11.1 Å². The zero-order chi connectivity index (χ0) is 16.5. The summed E-state index contributed by atoms with van der Waals surface area (Å²) in [4.78, 5) is 23.2. The van der Waals surface area contributed by atoms with Gasteiger partial charge in [0, 0.05) is 17.0 Å². The summed E-state index contributed by atoms with van der Waals surface area (Å²) in [6, 6.07) is 10.1. The van der Waals surface area contributed by atoms with E-state index in [1.54, 1.807) is 0 Å². The van der Waals surface area contributed by atoms with E-state index in [-0.39, 0.29) is 18.2 Å². The Kier molecular flexibility index (Phi) is 4.18. The Morgan fingerprint density at radius 1 is 1.33 bits per heavy atom. The molecular formula is C18H19N3O2S. The number of hydrogen-bond acceptors (Lipinski definition) is 5. The molecule has 1 aliphatic heterocycles. The van der Waals surface area contributed by atoms with Gasteiger partial charge in [0.2, 0.25) is 0 Å². The third-order valence-corrected chi connectivity index (χ3v) is 5.51. The molecule has 3 aromatic rings. The van der Waals surface area contributed by atoms with Crippen LogP contribution in [0.15, 0.2) is 40.5 Å². The molecule has 2 aromatic heterocycles. The number of hydrogen-bond donors (Lipinski definition) is 2. The maximum atomic E-state index is 12.6. The fraction of sp³-hybridized carbons (Fsp3) is 0.333. The van der Waals surface area contributed by atoms with Gasteiger partial charge in [0.15, 0.2) is 0 Å². The van der Waals surface area contributed by atoms with Gasteiger partial charge < -0.3 is 10.1 Å². The number of aromatic amines is 1. The van der Waals surface area contributed by atoms with Crippen molar-refractivity contribution in [1.29, 1.82) is 0 Å². The molecule has 1 aliphatic rings. The van der Waals surface area contributed by atoms with Crippen LogP contribution in [0.2, 0.25) is 0 Å². The van der Waals surface area contributed by atoms with Crippen molar-refractivity contribution in [1.82, 2.24) is 14.9 Å². The van der Waals surface area contributed by atoms with Gasteiger partial charge in [0.1, 0.15) is 10.7 Å². The summed E-state index contributed by atoms with van der Waals surface area (Å²) < 4.78 is 0. The van der Waals surface area contributed by atoms with Crippen LogP contribution in [-0.4, -0.2) is 39.2 Å². The minimum atomic E-state index is -0.0881. The highest BCUT2D eigenvalue weighted by Crippen LogP contribution is 2.30. The molecule has 0 unspecified atom stereocenters. The van der Waals surface area contributed by atoms with Crippen molar-refractivity contribution in [2.45, 2.75) is 25.4 Å². The van der Waals surface area contributed by atoms with E-state index in [1.165, 1.54) is 11.3 Å². The highest BCUT2D eigenvalue weighted by molar-refractivity contribution is 7.17. The van der Waals surface area contributed by atoms with Crippen LogP contribution in [0.1, 0.15) is 18.7 Å². The van der Waals surface area contributed by atoms with Crippen LogP contribution in [0.5, 0.6) is 0 Å². The van der Waals surface area contributed by atoms with Gasteiger partial charge in [0.25, 0.3) is 5.56 Å². The van der Waals surface area contributed by atoms with Gasteiger partial charge in [-0.05, 0) is 24.9 Å². The maximum absolute atomic E-state index is 12.6. The summed E-state index contributed by atoms with van der Waals surface area (Å²) in [5.74, 6) is 0.675. The summed E-state index contributed by atoms with van der Waals surface area (Å²) in [5.41, 5.74) is 1.88. The average molecular weight is 341 g/mol. The summed E-state index contributed by atoms with van der Waals surface area (Å²) in [7, 11) is 0. The van der Waals surface area contributed by atoms with Gasteiger partial charge in [-0.3, -0.25) is 9.69 Å². The Bertz CT molecular complexity index is 904. The molecule has 3 heterocycles. The molecule has 1 atom stereocenters. The number of thiophene rings is 1. The molecule has 1 fully saturated rings. The first kappa shape index (κ1) is 15.5. The Balaban J connectivity index is 1.70. The van der Waals surface area contributed by atoms with Crippen LogP contribution in [0.3, 0.4) is 0 Å². The Morgan fingerprint density at radius 3 is 2.96 bits per heavy atom. The minimum absolute atomic E-state index is 0.0881. The molecule has 0 bridgehead atoms. The zero-order valence-electron chi connectivity index (χ0n) is 13.2. The van der Waals surface area contributed by atoms with Crippen molar-refractivity contribution < 1.29 is 5.11 Å². The predicted octanol–water partition coefficient (Wildman–Crippen LogP) is 2.61. The smallest absolute Gasteiger partial charge is 0.260 e.